The summed E-state index contributed by atoms with van der Waals surface area (Å²) in [6.45, 7) is 2.27. The van der Waals surface area contributed by atoms with Gasteiger partial charge in [-0.2, -0.15) is 0 Å². The van der Waals surface area contributed by atoms with Crippen LogP contribution in [0, 0.1) is 11.7 Å². The van der Waals surface area contributed by atoms with Gasteiger partial charge < -0.3 is 15.6 Å². The van der Waals surface area contributed by atoms with Crippen LogP contribution in [0.1, 0.15) is 53.3 Å². The van der Waals surface area contributed by atoms with Crippen LogP contribution in [0.25, 0.3) is 22.2 Å². The van der Waals surface area contributed by atoms with Crippen molar-refractivity contribution in [2.24, 2.45) is 5.92 Å². The molecule has 6 heteroatoms. The Labute approximate surface area is 203 Å². The molecule has 35 heavy (non-hydrogen) atoms. The molecule has 1 heterocycles. The third kappa shape index (κ3) is 5.27. The normalized spacial score (nSPS) is 17.8. The van der Waals surface area contributed by atoms with E-state index < -0.39 is 0 Å². The topological polar surface area (TPSA) is 74.0 Å². The van der Waals surface area contributed by atoms with Gasteiger partial charge in [-0.05, 0) is 97.8 Å². The molecule has 0 unspecified atom stereocenters. The molecule has 178 valence electrons. The standard InChI is InChI=1S/C29H28FN3O2/c1-18-2-11-24(12-3-18)32-29(35)21-8-15-26-22(16-21)17-27(33-26)19-4-6-20(7-5-19)28(34)31-25-13-9-23(30)10-14-25/h4-10,13-18,24,33H,2-3,11-12H2,1H3,(H,31,34)(H,32,35). The van der Waals surface area contributed by atoms with Crippen LogP contribution in [0.2, 0.25) is 0 Å². The molecule has 1 saturated carbocycles. The second-order valence-corrected chi connectivity index (χ2v) is 9.45. The van der Waals surface area contributed by atoms with E-state index in [4.69, 9.17) is 0 Å². The minimum atomic E-state index is -0.350. The van der Waals surface area contributed by atoms with Crippen molar-refractivity contribution in [2.45, 2.75) is 38.6 Å². The molecule has 1 aromatic heterocycles. The Balaban J connectivity index is 1.27. The summed E-state index contributed by atoms with van der Waals surface area (Å²) >= 11 is 0. The van der Waals surface area contributed by atoms with E-state index in [0.717, 1.165) is 53.8 Å². The van der Waals surface area contributed by atoms with Gasteiger partial charge in [0.05, 0.1) is 0 Å². The number of fused-ring (bicyclic) bond motifs is 1. The van der Waals surface area contributed by atoms with Crippen LogP contribution < -0.4 is 10.6 Å². The largest absolute Gasteiger partial charge is 0.355 e. The Morgan fingerprint density at radius 2 is 1.51 bits per heavy atom. The first kappa shape index (κ1) is 22.8. The zero-order chi connectivity index (χ0) is 24.4. The van der Waals surface area contributed by atoms with Gasteiger partial charge >= 0.3 is 0 Å². The number of aromatic amines is 1. The quantitative estimate of drug-likeness (QED) is 0.311. The van der Waals surface area contributed by atoms with Gasteiger partial charge in [0.25, 0.3) is 11.8 Å². The second-order valence-electron chi connectivity index (χ2n) is 9.45. The SMILES string of the molecule is CC1CCC(NC(=O)c2ccc3[nH]c(-c4ccc(C(=O)Nc5ccc(F)cc5)cc4)cc3c2)CC1. The number of hydrogen-bond acceptors (Lipinski definition) is 2. The number of amides is 2. The van der Waals surface area contributed by atoms with E-state index in [9.17, 15) is 14.0 Å². The van der Waals surface area contributed by atoms with Gasteiger partial charge in [0, 0.05) is 39.5 Å². The summed E-state index contributed by atoms with van der Waals surface area (Å²) in [7, 11) is 0. The van der Waals surface area contributed by atoms with Crippen LogP contribution in [-0.2, 0) is 0 Å². The van der Waals surface area contributed by atoms with Gasteiger partial charge in [0.15, 0.2) is 0 Å². The highest BCUT2D eigenvalue weighted by atomic mass is 19.1. The molecule has 0 aliphatic heterocycles. The molecule has 3 aromatic carbocycles. The molecule has 3 N–H and O–H groups in total. The average molecular weight is 470 g/mol. The van der Waals surface area contributed by atoms with E-state index in [1.807, 2.05) is 36.4 Å². The number of rotatable bonds is 5. The molecular formula is C29H28FN3O2. The summed E-state index contributed by atoms with van der Waals surface area (Å²) in [4.78, 5) is 28.7. The summed E-state index contributed by atoms with van der Waals surface area (Å²) in [5.74, 6) is 0.113. The van der Waals surface area contributed by atoms with Crippen molar-refractivity contribution < 1.29 is 14.0 Å². The van der Waals surface area contributed by atoms with Crippen molar-refractivity contribution in [1.82, 2.24) is 10.3 Å². The van der Waals surface area contributed by atoms with Crippen molar-refractivity contribution in [2.75, 3.05) is 5.32 Å². The van der Waals surface area contributed by atoms with Gasteiger partial charge in [-0.25, -0.2) is 4.39 Å². The minimum Gasteiger partial charge on any atom is -0.355 e. The maximum absolute atomic E-state index is 13.1. The number of aromatic nitrogens is 1. The van der Waals surface area contributed by atoms with Crippen molar-refractivity contribution >= 4 is 28.4 Å². The third-order valence-electron chi connectivity index (χ3n) is 6.79. The number of hydrogen-bond donors (Lipinski definition) is 3. The second kappa shape index (κ2) is 9.74. The molecule has 0 spiro atoms. The lowest BCUT2D eigenvalue weighted by molar-refractivity contribution is 0.0922. The summed E-state index contributed by atoms with van der Waals surface area (Å²) in [6.07, 6.45) is 4.42. The van der Waals surface area contributed by atoms with E-state index in [0.29, 0.717) is 16.8 Å². The van der Waals surface area contributed by atoms with Crippen molar-refractivity contribution in [3.05, 3.63) is 89.7 Å². The predicted molar refractivity (Wildman–Crippen MR) is 137 cm³/mol. The van der Waals surface area contributed by atoms with Gasteiger partial charge in [-0.15, -0.1) is 0 Å². The highest BCUT2D eigenvalue weighted by Crippen LogP contribution is 2.27. The number of carbonyl (C=O) groups excluding carboxylic acids is 2. The number of anilines is 1. The van der Waals surface area contributed by atoms with Gasteiger partial charge in [-0.1, -0.05) is 19.1 Å². The fourth-order valence-electron chi connectivity index (χ4n) is 4.64. The molecule has 2 amide bonds. The lowest BCUT2D eigenvalue weighted by atomic mass is 9.87. The van der Waals surface area contributed by atoms with Crippen LogP contribution in [0.4, 0.5) is 10.1 Å². The first-order valence-corrected chi connectivity index (χ1v) is 12.1. The Kier molecular flexibility index (Phi) is 6.36. The smallest absolute Gasteiger partial charge is 0.255 e. The summed E-state index contributed by atoms with van der Waals surface area (Å²) < 4.78 is 13.1. The fourth-order valence-corrected chi connectivity index (χ4v) is 4.64. The number of halogens is 1. The summed E-state index contributed by atoms with van der Waals surface area (Å²) in [5, 5.41) is 6.91. The zero-order valence-corrected chi connectivity index (χ0v) is 19.6. The van der Waals surface area contributed by atoms with Crippen LogP contribution in [0.15, 0.2) is 72.8 Å². The lowest BCUT2D eigenvalue weighted by Crippen LogP contribution is -2.37. The predicted octanol–water partition coefficient (Wildman–Crippen LogP) is 6.53. The zero-order valence-electron chi connectivity index (χ0n) is 19.6. The maximum atomic E-state index is 13.1. The monoisotopic (exact) mass is 469 g/mol. The van der Waals surface area contributed by atoms with E-state index in [1.54, 1.807) is 12.1 Å². The number of carbonyl (C=O) groups is 2. The van der Waals surface area contributed by atoms with E-state index in [-0.39, 0.29) is 23.7 Å². The van der Waals surface area contributed by atoms with Crippen molar-refractivity contribution in [1.29, 1.82) is 0 Å². The number of H-pyrrole nitrogens is 1. The Morgan fingerprint density at radius 1 is 0.829 bits per heavy atom. The fraction of sp³-hybridized carbons (Fsp3) is 0.241. The third-order valence-corrected chi connectivity index (χ3v) is 6.79. The molecule has 0 bridgehead atoms. The summed E-state index contributed by atoms with van der Waals surface area (Å²) in [5.41, 5.74) is 4.49. The molecule has 1 fully saturated rings. The van der Waals surface area contributed by atoms with Crippen LogP contribution in [-0.4, -0.2) is 22.8 Å². The lowest BCUT2D eigenvalue weighted by Gasteiger charge is -2.26. The van der Waals surface area contributed by atoms with E-state index >= 15 is 0 Å². The van der Waals surface area contributed by atoms with Gasteiger partial charge in [0.2, 0.25) is 0 Å². The summed E-state index contributed by atoms with van der Waals surface area (Å²) in [6, 6.07) is 20.9. The molecule has 5 rings (SSSR count). The Morgan fingerprint density at radius 3 is 2.23 bits per heavy atom. The molecule has 4 aromatic rings. The molecule has 1 aliphatic carbocycles. The number of nitrogens with one attached hydrogen (secondary N) is 3. The van der Waals surface area contributed by atoms with Crippen LogP contribution in [0.3, 0.4) is 0 Å². The van der Waals surface area contributed by atoms with Crippen LogP contribution in [0.5, 0.6) is 0 Å². The minimum absolute atomic E-state index is 0.0225. The highest BCUT2D eigenvalue weighted by molar-refractivity contribution is 6.04. The first-order valence-electron chi connectivity index (χ1n) is 12.1. The Bertz CT molecular complexity index is 1350. The van der Waals surface area contributed by atoms with Gasteiger partial charge in [-0.3, -0.25) is 9.59 Å². The maximum Gasteiger partial charge on any atom is 0.255 e. The van der Waals surface area contributed by atoms with Crippen molar-refractivity contribution in [3.63, 3.8) is 0 Å². The Hall–Kier alpha value is -3.93. The molecule has 1 aliphatic rings. The van der Waals surface area contributed by atoms with E-state index in [1.165, 1.54) is 24.3 Å². The molecule has 0 atom stereocenters. The van der Waals surface area contributed by atoms with Crippen LogP contribution >= 0.6 is 0 Å². The highest BCUT2D eigenvalue weighted by Gasteiger charge is 2.20. The average Bonchev–Trinajstić information content (AvgIpc) is 3.30. The van der Waals surface area contributed by atoms with Crippen molar-refractivity contribution in [3.8, 4) is 11.3 Å². The molecule has 5 nitrogen and oxygen atoms in total. The number of benzene rings is 3. The molecule has 0 radical (unpaired) electrons. The molecule has 0 saturated heterocycles. The first-order chi connectivity index (χ1) is 16.9. The van der Waals surface area contributed by atoms with E-state index in [2.05, 4.69) is 22.5 Å². The molecular weight excluding hydrogens is 441 g/mol. The van der Waals surface area contributed by atoms with Gasteiger partial charge in [0.1, 0.15) is 5.82 Å².